The topological polar surface area (TPSA) is 79.2 Å². The minimum Gasteiger partial charge on any atom is -0.497 e. The van der Waals surface area contributed by atoms with Crippen LogP contribution in [0.5, 0.6) is 5.75 Å². The SMILES string of the molecule is CCc1nc2ccc(C(=O)N3CCNC(=O)C3)cn2c1N(C)Cc1ccc(OC)cc1. The molecule has 3 aromatic rings. The lowest BCUT2D eigenvalue weighted by Gasteiger charge is -2.26. The summed E-state index contributed by atoms with van der Waals surface area (Å²) in [4.78, 5) is 33.2. The molecule has 2 aromatic heterocycles. The highest BCUT2D eigenvalue weighted by atomic mass is 16.5. The van der Waals surface area contributed by atoms with E-state index in [1.807, 2.05) is 48.0 Å². The molecule has 162 valence electrons. The molecular formula is C23H27N5O3. The molecule has 0 bridgehead atoms. The van der Waals surface area contributed by atoms with E-state index in [2.05, 4.69) is 17.1 Å². The molecule has 4 rings (SSSR count). The number of rotatable bonds is 6. The van der Waals surface area contributed by atoms with Gasteiger partial charge in [0.05, 0.1) is 24.9 Å². The van der Waals surface area contributed by atoms with Gasteiger partial charge in [-0.15, -0.1) is 0 Å². The molecular weight excluding hydrogens is 394 g/mol. The Bertz CT molecular complexity index is 1110. The number of benzene rings is 1. The molecule has 1 N–H and O–H groups in total. The number of piperazine rings is 1. The highest BCUT2D eigenvalue weighted by Gasteiger charge is 2.23. The fraction of sp³-hybridized carbons (Fsp3) is 0.348. The van der Waals surface area contributed by atoms with Crippen molar-refractivity contribution in [3.63, 3.8) is 0 Å². The molecule has 8 nitrogen and oxygen atoms in total. The summed E-state index contributed by atoms with van der Waals surface area (Å²) < 4.78 is 7.22. The third-order valence-corrected chi connectivity index (χ3v) is 5.51. The molecule has 1 aliphatic heterocycles. The molecule has 2 amide bonds. The first kappa shape index (κ1) is 20.7. The Morgan fingerprint density at radius 3 is 2.68 bits per heavy atom. The van der Waals surface area contributed by atoms with Gasteiger partial charge in [0.1, 0.15) is 17.2 Å². The molecule has 0 atom stereocenters. The van der Waals surface area contributed by atoms with Crippen molar-refractivity contribution in [1.29, 1.82) is 0 Å². The molecule has 1 aromatic carbocycles. The molecule has 3 heterocycles. The van der Waals surface area contributed by atoms with Gasteiger partial charge in [-0.1, -0.05) is 19.1 Å². The van der Waals surface area contributed by atoms with Gasteiger partial charge in [-0.05, 0) is 36.2 Å². The lowest BCUT2D eigenvalue weighted by molar-refractivity contribution is -0.123. The molecule has 0 aliphatic carbocycles. The Labute approximate surface area is 181 Å². The van der Waals surface area contributed by atoms with Crippen molar-refractivity contribution >= 4 is 23.3 Å². The van der Waals surface area contributed by atoms with E-state index in [1.54, 1.807) is 18.1 Å². The average Bonchev–Trinajstić information content (AvgIpc) is 3.17. The number of fused-ring (bicyclic) bond motifs is 1. The number of aryl methyl sites for hydroxylation is 1. The number of anilines is 1. The minimum atomic E-state index is -0.146. The van der Waals surface area contributed by atoms with Gasteiger partial charge in [0.2, 0.25) is 5.91 Å². The second-order valence-corrected chi connectivity index (χ2v) is 7.66. The average molecular weight is 422 g/mol. The van der Waals surface area contributed by atoms with Crippen LogP contribution in [0, 0.1) is 0 Å². The van der Waals surface area contributed by atoms with E-state index in [0.717, 1.165) is 34.9 Å². The van der Waals surface area contributed by atoms with Gasteiger partial charge >= 0.3 is 0 Å². The minimum absolute atomic E-state index is 0.0885. The smallest absolute Gasteiger partial charge is 0.255 e. The number of carbonyl (C=O) groups is 2. The molecule has 0 unspecified atom stereocenters. The monoisotopic (exact) mass is 421 g/mol. The summed E-state index contributed by atoms with van der Waals surface area (Å²) in [6, 6.07) is 11.6. The van der Waals surface area contributed by atoms with E-state index in [0.29, 0.717) is 25.2 Å². The summed E-state index contributed by atoms with van der Waals surface area (Å²) in [5, 5.41) is 2.75. The number of carbonyl (C=O) groups excluding carboxylic acids is 2. The van der Waals surface area contributed by atoms with Crippen molar-refractivity contribution in [1.82, 2.24) is 19.6 Å². The van der Waals surface area contributed by atoms with Crippen molar-refractivity contribution < 1.29 is 14.3 Å². The zero-order valence-corrected chi connectivity index (χ0v) is 18.1. The van der Waals surface area contributed by atoms with Crippen LogP contribution in [0.4, 0.5) is 5.82 Å². The number of methoxy groups -OCH3 is 1. The predicted molar refractivity (Wildman–Crippen MR) is 119 cm³/mol. The van der Waals surface area contributed by atoms with Crippen LogP contribution < -0.4 is 15.0 Å². The fourth-order valence-corrected chi connectivity index (χ4v) is 3.92. The standard InChI is InChI=1S/C23H27N5O3/c1-4-19-22(26(2)13-16-5-8-18(31-3)9-6-16)28-14-17(7-10-20(28)25-19)23(30)27-12-11-24-21(29)15-27/h5-10,14H,4,11-13,15H2,1-3H3,(H,24,29). The zero-order valence-electron chi connectivity index (χ0n) is 18.1. The highest BCUT2D eigenvalue weighted by molar-refractivity contribution is 5.97. The van der Waals surface area contributed by atoms with Gasteiger partial charge in [0, 0.05) is 32.9 Å². The number of ether oxygens (including phenoxy) is 1. The number of pyridine rings is 1. The summed E-state index contributed by atoms with van der Waals surface area (Å²) in [7, 11) is 3.68. The van der Waals surface area contributed by atoms with Gasteiger partial charge in [0.25, 0.3) is 5.91 Å². The first-order chi connectivity index (χ1) is 15.0. The van der Waals surface area contributed by atoms with Crippen molar-refractivity contribution in [3.05, 3.63) is 59.4 Å². The Kier molecular flexibility index (Phi) is 5.79. The number of imidazole rings is 1. The van der Waals surface area contributed by atoms with Crippen LogP contribution >= 0.6 is 0 Å². The number of aromatic nitrogens is 2. The lowest BCUT2D eigenvalue weighted by Crippen LogP contribution is -2.50. The first-order valence-electron chi connectivity index (χ1n) is 10.4. The van der Waals surface area contributed by atoms with Crippen LogP contribution in [0.15, 0.2) is 42.6 Å². The lowest BCUT2D eigenvalue weighted by atomic mass is 10.2. The van der Waals surface area contributed by atoms with Crippen molar-refractivity contribution in [2.45, 2.75) is 19.9 Å². The van der Waals surface area contributed by atoms with E-state index in [4.69, 9.17) is 9.72 Å². The van der Waals surface area contributed by atoms with Crippen LogP contribution in [0.3, 0.4) is 0 Å². The molecule has 31 heavy (non-hydrogen) atoms. The quantitative estimate of drug-likeness (QED) is 0.660. The number of amides is 2. The summed E-state index contributed by atoms with van der Waals surface area (Å²) in [6.07, 6.45) is 2.61. The molecule has 0 radical (unpaired) electrons. The van der Waals surface area contributed by atoms with Crippen molar-refractivity contribution in [2.24, 2.45) is 0 Å². The summed E-state index contributed by atoms with van der Waals surface area (Å²) >= 11 is 0. The third kappa shape index (κ3) is 4.19. The molecule has 0 saturated carbocycles. The van der Waals surface area contributed by atoms with E-state index in [1.165, 1.54) is 0 Å². The van der Waals surface area contributed by atoms with Crippen LogP contribution in [-0.2, 0) is 17.8 Å². The Hall–Kier alpha value is -3.55. The van der Waals surface area contributed by atoms with Crippen molar-refractivity contribution in [3.8, 4) is 5.75 Å². The number of nitrogens with one attached hydrogen (secondary N) is 1. The molecule has 0 spiro atoms. The maximum absolute atomic E-state index is 13.0. The fourth-order valence-electron chi connectivity index (χ4n) is 3.92. The molecule has 8 heteroatoms. The summed E-state index contributed by atoms with van der Waals surface area (Å²) in [5.41, 5.74) is 3.45. The Morgan fingerprint density at radius 2 is 2.00 bits per heavy atom. The second-order valence-electron chi connectivity index (χ2n) is 7.66. The van der Waals surface area contributed by atoms with E-state index in [9.17, 15) is 9.59 Å². The van der Waals surface area contributed by atoms with Crippen LogP contribution in [0.1, 0.15) is 28.5 Å². The van der Waals surface area contributed by atoms with Gasteiger partial charge in [-0.2, -0.15) is 0 Å². The van der Waals surface area contributed by atoms with Gasteiger partial charge in [-0.25, -0.2) is 4.98 Å². The largest absolute Gasteiger partial charge is 0.497 e. The van der Waals surface area contributed by atoms with Gasteiger partial charge in [0.15, 0.2) is 0 Å². The van der Waals surface area contributed by atoms with Crippen LogP contribution in [0.25, 0.3) is 5.65 Å². The predicted octanol–water partition coefficient (Wildman–Crippen LogP) is 2.11. The van der Waals surface area contributed by atoms with Gasteiger partial charge < -0.3 is 19.9 Å². The maximum atomic E-state index is 13.0. The summed E-state index contributed by atoms with van der Waals surface area (Å²) in [5.74, 6) is 1.51. The molecule has 1 aliphatic rings. The van der Waals surface area contributed by atoms with Crippen molar-refractivity contribution in [2.75, 3.05) is 38.7 Å². The summed E-state index contributed by atoms with van der Waals surface area (Å²) in [6.45, 7) is 3.84. The first-order valence-corrected chi connectivity index (χ1v) is 10.4. The highest BCUT2D eigenvalue weighted by Crippen LogP contribution is 2.25. The normalized spacial score (nSPS) is 13.9. The number of hydrogen-bond donors (Lipinski definition) is 1. The molecule has 1 saturated heterocycles. The second kappa shape index (κ2) is 8.67. The zero-order chi connectivity index (χ0) is 22.0. The van der Waals surface area contributed by atoms with E-state index < -0.39 is 0 Å². The number of nitrogens with zero attached hydrogens (tertiary/aromatic N) is 4. The van der Waals surface area contributed by atoms with E-state index >= 15 is 0 Å². The Morgan fingerprint density at radius 1 is 1.23 bits per heavy atom. The molecule has 1 fully saturated rings. The van der Waals surface area contributed by atoms with Gasteiger partial charge in [-0.3, -0.25) is 14.0 Å². The number of hydrogen-bond acceptors (Lipinski definition) is 5. The Balaban J connectivity index is 1.65. The van der Waals surface area contributed by atoms with Crippen LogP contribution in [0.2, 0.25) is 0 Å². The van der Waals surface area contributed by atoms with E-state index in [-0.39, 0.29) is 18.4 Å². The maximum Gasteiger partial charge on any atom is 0.255 e. The third-order valence-electron chi connectivity index (χ3n) is 5.51. The van der Waals surface area contributed by atoms with Crippen LogP contribution in [-0.4, -0.2) is 59.9 Å².